The average molecular weight is 857 g/mol. The van der Waals surface area contributed by atoms with Gasteiger partial charge in [-0.05, 0) is 72.2 Å². The van der Waals surface area contributed by atoms with E-state index < -0.39 is 12.6 Å². The van der Waals surface area contributed by atoms with Gasteiger partial charge in [-0.3, -0.25) is 19.3 Å². The SMILES string of the molecule is Cc1cc(Br)cc2c(C(=O)OCC(=O)c3ccc(-c4ccccc4)cc3)cc(-c3ccc(N4C(=O)C5C6CC(C(Br)C6Br)C5C4=O)cc3)nc12. The molecule has 1 aliphatic heterocycles. The highest BCUT2D eigenvalue weighted by molar-refractivity contribution is 9.12. The van der Waals surface area contributed by atoms with E-state index in [1.807, 2.05) is 61.5 Å². The van der Waals surface area contributed by atoms with Crippen molar-refractivity contribution in [2.75, 3.05) is 11.5 Å². The van der Waals surface area contributed by atoms with Crippen LogP contribution >= 0.6 is 47.8 Å². The highest BCUT2D eigenvalue weighted by Gasteiger charge is 2.66. The number of hydrogen-bond acceptors (Lipinski definition) is 6. The number of amides is 2. The molecule has 0 spiro atoms. The minimum Gasteiger partial charge on any atom is -0.454 e. The molecule has 1 saturated heterocycles. The van der Waals surface area contributed by atoms with E-state index in [4.69, 9.17) is 9.72 Å². The van der Waals surface area contributed by atoms with Crippen molar-refractivity contribution in [1.82, 2.24) is 4.98 Å². The van der Waals surface area contributed by atoms with Gasteiger partial charge in [-0.1, -0.05) is 115 Å². The zero-order chi connectivity index (χ0) is 34.8. The second-order valence-electron chi connectivity index (χ2n) is 13.2. The number of ether oxygens (including phenoxy) is 1. The van der Waals surface area contributed by atoms with Crippen molar-refractivity contribution in [2.45, 2.75) is 23.0 Å². The third-order valence-corrected chi connectivity index (χ3v) is 14.0. The van der Waals surface area contributed by atoms with Crippen LogP contribution in [-0.4, -0.2) is 44.8 Å². The third-order valence-electron chi connectivity index (χ3n) is 10.3. The van der Waals surface area contributed by atoms with Gasteiger partial charge in [0.1, 0.15) is 0 Å². The fourth-order valence-corrected chi connectivity index (χ4v) is 10.4. The van der Waals surface area contributed by atoms with E-state index in [1.165, 1.54) is 4.90 Å². The highest BCUT2D eigenvalue weighted by atomic mass is 79.9. The number of Topliss-reactive ketones (excluding diaryl/α,β-unsaturated/α-hetero) is 1. The summed E-state index contributed by atoms with van der Waals surface area (Å²) in [5, 5.41) is 0.589. The van der Waals surface area contributed by atoms with E-state index in [9.17, 15) is 19.2 Å². The predicted molar refractivity (Wildman–Crippen MR) is 203 cm³/mol. The number of hydrogen-bond donors (Lipinski definition) is 0. The molecule has 50 heavy (non-hydrogen) atoms. The maximum atomic E-state index is 13.6. The smallest absolute Gasteiger partial charge is 0.339 e. The molecule has 4 aromatic carbocycles. The summed E-state index contributed by atoms with van der Waals surface area (Å²) in [6.45, 7) is 1.49. The fourth-order valence-electron chi connectivity index (χ4n) is 7.93. The lowest BCUT2D eigenvalue weighted by molar-refractivity contribution is -0.123. The summed E-state index contributed by atoms with van der Waals surface area (Å²) in [6, 6.07) is 29.6. The van der Waals surface area contributed by atoms with Crippen molar-refractivity contribution < 1.29 is 23.9 Å². The summed E-state index contributed by atoms with van der Waals surface area (Å²) in [6.07, 6.45) is 0.871. The summed E-state index contributed by atoms with van der Waals surface area (Å²) >= 11 is 11.0. The number of ketones is 1. The fraction of sp³-hybridized carbons (Fsp3) is 0.225. The number of benzene rings is 4. The Morgan fingerprint density at radius 3 is 2.04 bits per heavy atom. The van der Waals surface area contributed by atoms with Crippen LogP contribution in [0.25, 0.3) is 33.3 Å². The number of alkyl halides is 2. The largest absolute Gasteiger partial charge is 0.454 e. The van der Waals surface area contributed by atoms with Crippen LogP contribution in [0.4, 0.5) is 5.69 Å². The Morgan fingerprint density at radius 1 is 0.800 bits per heavy atom. The van der Waals surface area contributed by atoms with Gasteiger partial charge in [-0.2, -0.15) is 0 Å². The second-order valence-corrected chi connectivity index (χ2v) is 16.2. The normalized spacial score (nSPS) is 23.8. The molecule has 5 aromatic rings. The van der Waals surface area contributed by atoms with Gasteiger partial charge in [-0.25, -0.2) is 9.78 Å². The zero-order valence-electron chi connectivity index (χ0n) is 26.7. The van der Waals surface area contributed by atoms with Gasteiger partial charge in [0, 0.05) is 30.6 Å². The highest BCUT2D eigenvalue weighted by Crippen LogP contribution is 2.60. The number of halogens is 3. The molecule has 6 atom stereocenters. The minimum absolute atomic E-state index is 0.133. The van der Waals surface area contributed by atoms with Gasteiger partial charge in [0.2, 0.25) is 11.8 Å². The Kier molecular flexibility index (Phi) is 8.60. The van der Waals surface area contributed by atoms with Gasteiger partial charge < -0.3 is 4.74 Å². The maximum Gasteiger partial charge on any atom is 0.339 e. The Balaban J connectivity index is 1.04. The van der Waals surface area contributed by atoms with E-state index in [1.54, 1.807) is 42.5 Å². The van der Waals surface area contributed by atoms with E-state index in [0.717, 1.165) is 27.6 Å². The Labute approximate surface area is 313 Å². The molecule has 1 aromatic heterocycles. The van der Waals surface area contributed by atoms with E-state index >= 15 is 0 Å². The molecule has 3 aliphatic rings. The molecule has 2 bridgehead atoms. The molecule has 3 fully saturated rings. The molecule has 250 valence electrons. The van der Waals surface area contributed by atoms with Crippen LogP contribution in [0.3, 0.4) is 0 Å². The second kappa shape index (κ2) is 13.0. The average Bonchev–Trinajstić information content (AvgIpc) is 3.75. The number of aryl methyl sites for hydroxylation is 1. The number of rotatable bonds is 7. The van der Waals surface area contributed by atoms with Crippen LogP contribution in [0.2, 0.25) is 0 Å². The molecule has 7 nitrogen and oxygen atoms in total. The first-order chi connectivity index (χ1) is 24.1. The lowest BCUT2D eigenvalue weighted by atomic mass is 9.81. The van der Waals surface area contributed by atoms with Crippen LogP contribution in [0.5, 0.6) is 0 Å². The first kappa shape index (κ1) is 33.2. The summed E-state index contributed by atoms with van der Waals surface area (Å²) < 4.78 is 6.38. The van der Waals surface area contributed by atoms with Gasteiger partial charge in [0.25, 0.3) is 0 Å². The predicted octanol–water partition coefficient (Wildman–Crippen LogP) is 8.96. The Bertz CT molecular complexity index is 2180. The Hall–Kier alpha value is -3.99. The van der Waals surface area contributed by atoms with Crippen molar-refractivity contribution in [3.63, 3.8) is 0 Å². The van der Waals surface area contributed by atoms with Crippen molar-refractivity contribution in [1.29, 1.82) is 0 Å². The quantitative estimate of drug-likeness (QED) is 0.0703. The molecule has 10 heteroatoms. The number of imide groups is 1. The molecule has 2 heterocycles. The number of fused-ring (bicyclic) bond motifs is 6. The molecule has 0 N–H and O–H groups in total. The number of anilines is 1. The number of nitrogens with zero attached hydrogens (tertiary/aromatic N) is 2. The first-order valence-corrected chi connectivity index (χ1v) is 19.0. The van der Waals surface area contributed by atoms with Crippen LogP contribution in [0.15, 0.2) is 102 Å². The van der Waals surface area contributed by atoms with Gasteiger partial charge >= 0.3 is 5.97 Å². The van der Waals surface area contributed by atoms with Crippen LogP contribution in [0.1, 0.15) is 32.7 Å². The number of carbonyl (C=O) groups is 4. The van der Waals surface area contributed by atoms with Crippen molar-refractivity contribution >= 4 is 87.9 Å². The monoisotopic (exact) mass is 854 g/mol. The lowest BCUT2D eigenvalue weighted by Gasteiger charge is -2.28. The molecule has 2 amide bonds. The van der Waals surface area contributed by atoms with Gasteiger partial charge in [0.05, 0.1) is 34.3 Å². The zero-order valence-corrected chi connectivity index (χ0v) is 31.4. The van der Waals surface area contributed by atoms with E-state index in [2.05, 4.69) is 47.8 Å². The lowest BCUT2D eigenvalue weighted by Crippen LogP contribution is -2.37. The van der Waals surface area contributed by atoms with Gasteiger partial charge in [0.15, 0.2) is 12.4 Å². The topological polar surface area (TPSA) is 93.6 Å². The summed E-state index contributed by atoms with van der Waals surface area (Å²) in [4.78, 5) is 60.4. The number of esters is 1. The van der Waals surface area contributed by atoms with Crippen LogP contribution in [0, 0.1) is 30.6 Å². The van der Waals surface area contributed by atoms with E-state index in [0.29, 0.717) is 33.4 Å². The van der Waals surface area contributed by atoms with Crippen LogP contribution < -0.4 is 4.90 Å². The minimum atomic E-state index is -0.647. The molecule has 0 radical (unpaired) electrons. The molecule has 8 rings (SSSR count). The molecular weight excluding hydrogens is 828 g/mol. The first-order valence-electron chi connectivity index (χ1n) is 16.3. The van der Waals surface area contributed by atoms with Crippen molar-refractivity contribution in [3.8, 4) is 22.4 Å². The summed E-state index contributed by atoms with van der Waals surface area (Å²) in [5.41, 5.74) is 5.94. The Morgan fingerprint density at radius 2 is 1.40 bits per heavy atom. The van der Waals surface area contributed by atoms with Crippen molar-refractivity contribution in [3.05, 3.63) is 118 Å². The molecular formula is C40H29Br3N2O5. The molecule has 2 saturated carbocycles. The van der Waals surface area contributed by atoms with Crippen LogP contribution in [-0.2, 0) is 14.3 Å². The van der Waals surface area contributed by atoms with Gasteiger partial charge in [-0.15, -0.1) is 0 Å². The van der Waals surface area contributed by atoms with Crippen molar-refractivity contribution in [2.24, 2.45) is 23.7 Å². The van der Waals surface area contributed by atoms with E-state index in [-0.39, 0.29) is 56.5 Å². The number of carbonyl (C=O) groups excluding carboxylic acids is 4. The summed E-state index contributed by atoms with van der Waals surface area (Å²) in [5.74, 6) is -1.57. The number of aromatic nitrogens is 1. The molecule has 6 unspecified atom stereocenters. The maximum absolute atomic E-state index is 13.6. The number of pyridine rings is 1. The third kappa shape index (κ3) is 5.56. The summed E-state index contributed by atoms with van der Waals surface area (Å²) in [7, 11) is 0. The molecule has 2 aliphatic carbocycles. The standard InChI is InChI=1S/C40H29Br3N2O5/c1-20-15-25(41)16-27-28(40(49)50-19-32(46)24-9-7-22(8-10-24)21-5-3-2-4-6-21)18-31(44-37(20)27)23-11-13-26(14-12-23)45-38(47)33-29-17-30(34(33)39(45)48)36(43)35(29)42/h2-16,18,29-30,33-36H,17,19H2,1H3.